The lowest BCUT2D eigenvalue weighted by Gasteiger charge is -2.22. The van der Waals surface area contributed by atoms with Crippen LogP contribution in [0.1, 0.15) is 12.0 Å². The molecule has 2 amide bonds. The Morgan fingerprint density at radius 3 is 2.36 bits per heavy atom. The van der Waals surface area contributed by atoms with Crippen LogP contribution < -0.4 is 15.6 Å². The van der Waals surface area contributed by atoms with E-state index < -0.39 is 11.8 Å². The molecule has 0 fully saturated rings. The number of hydrazone groups is 1. The van der Waals surface area contributed by atoms with Gasteiger partial charge in [-0.25, -0.2) is 10.4 Å². The summed E-state index contributed by atoms with van der Waals surface area (Å²) in [6.07, 6.45) is 1.16. The Morgan fingerprint density at radius 1 is 1.00 bits per heavy atom. The van der Waals surface area contributed by atoms with Crippen molar-refractivity contribution in [2.45, 2.75) is 6.42 Å². The number of carbonyl (C=O) groups excluding carboxylic acids is 2. The number of carbonyl (C=O) groups is 2. The van der Waals surface area contributed by atoms with E-state index >= 15 is 0 Å². The summed E-state index contributed by atoms with van der Waals surface area (Å²) < 4.78 is 0. The van der Waals surface area contributed by atoms with Crippen LogP contribution in [0.5, 0.6) is 0 Å². The van der Waals surface area contributed by atoms with Crippen molar-refractivity contribution >= 4 is 63.4 Å². The van der Waals surface area contributed by atoms with Crippen LogP contribution in [0.15, 0.2) is 65.1 Å². The van der Waals surface area contributed by atoms with Gasteiger partial charge in [0.2, 0.25) is 11.8 Å². The van der Waals surface area contributed by atoms with Gasteiger partial charge in [0, 0.05) is 41.5 Å². The van der Waals surface area contributed by atoms with Crippen molar-refractivity contribution in [2.24, 2.45) is 5.10 Å². The summed E-state index contributed by atoms with van der Waals surface area (Å²) in [5.74, 6) is 0.0441. The molecule has 1 aromatic heterocycles. The molecule has 10 heteroatoms. The average molecular weight is 504 g/mol. The van der Waals surface area contributed by atoms with Gasteiger partial charge in [0.1, 0.15) is 6.42 Å². The number of halogens is 2. The van der Waals surface area contributed by atoms with Gasteiger partial charge in [-0.05, 0) is 17.7 Å². The van der Waals surface area contributed by atoms with Crippen molar-refractivity contribution in [3.05, 3.63) is 65.5 Å². The Kier molecular flexibility index (Phi) is 9.68. The maximum atomic E-state index is 12.1. The molecular formula is C23H23Cl2N5O2S. The summed E-state index contributed by atoms with van der Waals surface area (Å²) in [5.41, 5.74) is 5.90. The number of alkyl halides is 2. The quantitative estimate of drug-likeness (QED) is 0.173. The second-order valence-corrected chi connectivity index (χ2v) is 8.49. The largest absolute Gasteiger partial charge is 0.369 e. The lowest BCUT2D eigenvalue weighted by atomic mass is 10.2. The van der Waals surface area contributed by atoms with Gasteiger partial charge in [-0.2, -0.15) is 5.10 Å². The fourth-order valence-corrected chi connectivity index (χ4v) is 4.09. The zero-order valence-electron chi connectivity index (χ0n) is 17.7. The molecule has 0 unspecified atom stereocenters. The molecule has 0 atom stereocenters. The third kappa shape index (κ3) is 7.85. The van der Waals surface area contributed by atoms with Gasteiger partial charge >= 0.3 is 0 Å². The third-order valence-corrected chi connectivity index (χ3v) is 5.61. The molecule has 3 aromatic rings. The van der Waals surface area contributed by atoms with Gasteiger partial charge in [-0.1, -0.05) is 42.5 Å². The number of aromatic nitrogens is 1. The molecule has 2 aromatic carbocycles. The summed E-state index contributed by atoms with van der Waals surface area (Å²) in [4.78, 5) is 30.6. The van der Waals surface area contributed by atoms with E-state index in [4.69, 9.17) is 23.2 Å². The van der Waals surface area contributed by atoms with Crippen LogP contribution in [-0.4, -0.2) is 47.9 Å². The van der Waals surface area contributed by atoms with Crippen molar-refractivity contribution in [1.82, 2.24) is 10.4 Å². The van der Waals surface area contributed by atoms with E-state index in [2.05, 4.69) is 25.7 Å². The number of amides is 2. The molecule has 0 spiro atoms. The van der Waals surface area contributed by atoms with E-state index in [1.54, 1.807) is 0 Å². The first-order valence-corrected chi connectivity index (χ1v) is 12.1. The highest BCUT2D eigenvalue weighted by Gasteiger charge is 2.12. The number of benzene rings is 2. The number of nitrogens with zero attached hydrogens (tertiary/aromatic N) is 3. The van der Waals surface area contributed by atoms with Gasteiger partial charge in [-0.3, -0.25) is 9.59 Å². The van der Waals surface area contributed by atoms with Crippen LogP contribution in [0.3, 0.4) is 0 Å². The molecule has 1 heterocycles. The van der Waals surface area contributed by atoms with Crippen LogP contribution in [0.4, 0.5) is 10.8 Å². The normalized spacial score (nSPS) is 10.8. The third-order valence-electron chi connectivity index (χ3n) is 4.51. The molecule has 0 bridgehead atoms. The van der Waals surface area contributed by atoms with E-state index in [1.165, 1.54) is 17.6 Å². The molecule has 0 saturated heterocycles. The molecule has 172 valence electrons. The average Bonchev–Trinajstić information content (AvgIpc) is 3.28. The van der Waals surface area contributed by atoms with E-state index in [0.29, 0.717) is 30.0 Å². The van der Waals surface area contributed by atoms with Crippen molar-refractivity contribution in [3.8, 4) is 11.3 Å². The summed E-state index contributed by atoms with van der Waals surface area (Å²) in [5, 5.41) is 8.85. The number of nitrogens with one attached hydrogen (secondary N) is 2. The predicted molar refractivity (Wildman–Crippen MR) is 137 cm³/mol. The fourth-order valence-electron chi connectivity index (χ4n) is 2.95. The highest BCUT2D eigenvalue weighted by atomic mass is 35.5. The Balaban J connectivity index is 1.46. The molecule has 0 aliphatic carbocycles. The Hall–Kier alpha value is -2.94. The molecule has 0 aliphatic rings. The monoisotopic (exact) mass is 503 g/mol. The number of thiazole rings is 1. The molecule has 0 saturated carbocycles. The van der Waals surface area contributed by atoms with E-state index in [-0.39, 0.29) is 6.42 Å². The maximum absolute atomic E-state index is 12.1. The summed E-state index contributed by atoms with van der Waals surface area (Å²) in [6, 6.07) is 17.3. The van der Waals surface area contributed by atoms with Crippen LogP contribution in [0.25, 0.3) is 11.3 Å². The second kappa shape index (κ2) is 12.9. The topological polar surface area (TPSA) is 86.7 Å². The van der Waals surface area contributed by atoms with E-state index in [9.17, 15) is 9.59 Å². The van der Waals surface area contributed by atoms with Gasteiger partial charge < -0.3 is 10.2 Å². The molecule has 33 heavy (non-hydrogen) atoms. The van der Waals surface area contributed by atoms with Crippen molar-refractivity contribution in [1.29, 1.82) is 0 Å². The van der Waals surface area contributed by atoms with Crippen molar-refractivity contribution in [3.63, 3.8) is 0 Å². The Bertz CT molecular complexity index is 1070. The van der Waals surface area contributed by atoms with Gasteiger partial charge in [-0.15, -0.1) is 34.5 Å². The maximum Gasteiger partial charge on any atom is 0.249 e. The molecule has 0 radical (unpaired) electrons. The minimum atomic E-state index is -0.518. The molecule has 0 aliphatic heterocycles. The molecule has 2 N–H and O–H groups in total. The van der Waals surface area contributed by atoms with Gasteiger partial charge in [0.25, 0.3) is 0 Å². The SMILES string of the molecule is O=C(CC(=O)Nc1nc(-c2ccccc2)cs1)N/N=C\c1ccc(N(CCCl)CCCl)cc1. The lowest BCUT2D eigenvalue weighted by Crippen LogP contribution is -2.27. The minimum absolute atomic E-state index is 0.359. The Labute approximate surface area is 206 Å². The highest BCUT2D eigenvalue weighted by molar-refractivity contribution is 7.14. The number of hydrogen-bond acceptors (Lipinski definition) is 6. The van der Waals surface area contributed by atoms with Crippen LogP contribution >= 0.6 is 34.5 Å². The zero-order valence-corrected chi connectivity index (χ0v) is 20.0. The Morgan fingerprint density at radius 2 is 1.70 bits per heavy atom. The molecular weight excluding hydrogens is 481 g/mol. The molecule has 3 rings (SSSR count). The standard InChI is InChI=1S/C23H23Cl2N5O2S/c24-10-12-30(13-11-25)19-8-6-17(7-9-19)15-26-29-22(32)14-21(31)28-23-27-20(16-33-23)18-4-2-1-3-5-18/h1-9,15-16H,10-14H2,(H,29,32)(H,27,28,31)/b26-15-. The zero-order chi connectivity index (χ0) is 23.5. The first-order chi connectivity index (χ1) is 16.1. The number of anilines is 2. The summed E-state index contributed by atoms with van der Waals surface area (Å²) >= 11 is 13.0. The van der Waals surface area contributed by atoms with Gasteiger partial charge in [0.15, 0.2) is 5.13 Å². The number of rotatable bonds is 11. The second-order valence-electron chi connectivity index (χ2n) is 6.88. The van der Waals surface area contributed by atoms with Crippen molar-refractivity contribution in [2.75, 3.05) is 35.1 Å². The summed E-state index contributed by atoms with van der Waals surface area (Å²) in [6.45, 7) is 1.41. The van der Waals surface area contributed by atoms with Gasteiger partial charge in [0.05, 0.1) is 11.9 Å². The first-order valence-electron chi connectivity index (χ1n) is 10.2. The molecule has 7 nitrogen and oxygen atoms in total. The predicted octanol–water partition coefficient (Wildman–Crippen LogP) is 4.57. The minimum Gasteiger partial charge on any atom is -0.369 e. The van der Waals surface area contributed by atoms with E-state index in [0.717, 1.165) is 22.5 Å². The van der Waals surface area contributed by atoms with Crippen LogP contribution in [0, 0.1) is 0 Å². The smallest absolute Gasteiger partial charge is 0.249 e. The lowest BCUT2D eigenvalue weighted by molar-refractivity contribution is -0.126. The van der Waals surface area contributed by atoms with Crippen molar-refractivity contribution < 1.29 is 9.59 Å². The fraction of sp³-hybridized carbons (Fsp3) is 0.217. The summed E-state index contributed by atoms with van der Waals surface area (Å²) in [7, 11) is 0. The van der Waals surface area contributed by atoms with E-state index in [1.807, 2.05) is 60.0 Å². The van der Waals surface area contributed by atoms with Crippen LogP contribution in [0.2, 0.25) is 0 Å². The van der Waals surface area contributed by atoms with Crippen LogP contribution in [-0.2, 0) is 9.59 Å². The highest BCUT2D eigenvalue weighted by Crippen LogP contribution is 2.24. The first kappa shape index (κ1) is 24.7. The number of hydrogen-bond donors (Lipinski definition) is 2.